The maximum atomic E-state index is 6.50. The lowest BCUT2D eigenvalue weighted by Crippen LogP contribution is -2.41. The van der Waals surface area contributed by atoms with Crippen LogP contribution < -0.4 is 9.22 Å². The first kappa shape index (κ1) is 14.6. The lowest BCUT2D eigenvalue weighted by atomic mass is 10.1. The van der Waals surface area contributed by atoms with Gasteiger partial charge in [-0.1, -0.05) is 36.4 Å². The van der Waals surface area contributed by atoms with Crippen molar-refractivity contribution in [1.82, 2.24) is 4.48 Å². The quantitative estimate of drug-likeness (QED) is 0.723. The molecule has 3 rings (SSSR count). The van der Waals surface area contributed by atoms with E-state index >= 15 is 0 Å². The number of benzene rings is 2. The minimum Gasteiger partial charge on any atom is -0.497 e. The zero-order valence-electron chi connectivity index (χ0n) is 12.2. The molecule has 1 aliphatic heterocycles. The number of amidine groups is 1. The number of quaternary nitrogens is 1. The maximum Gasteiger partial charge on any atom is 0.242 e. The van der Waals surface area contributed by atoms with Crippen molar-refractivity contribution in [3.05, 3.63) is 78.6 Å². The van der Waals surface area contributed by atoms with Gasteiger partial charge in [0.05, 0.1) is 13.3 Å². The van der Waals surface area contributed by atoms with E-state index in [1.165, 1.54) is 0 Å². The average molecular weight is 312 g/mol. The van der Waals surface area contributed by atoms with Crippen LogP contribution in [-0.2, 0) is 0 Å². The Labute approximate surface area is 135 Å². The number of methoxy groups -OCH3 is 1. The van der Waals surface area contributed by atoms with Crippen LogP contribution in [0.5, 0.6) is 5.75 Å². The van der Waals surface area contributed by atoms with Crippen LogP contribution in [0, 0.1) is 0 Å². The molecule has 0 radical (unpaired) electrons. The molecule has 0 bridgehead atoms. The highest BCUT2D eigenvalue weighted by molar-refractivity contribution is 6.34. The van der Waals surface area contributed by atoms with Gasteiger partial charge in [-0.05, 0) is 12.1 Å². The summed E-state index contributed by atoms with van der Waals surface area (Å²) < 4.78 is 5.65. The van der Waals surface area contributed by atoms with Crippen LogP contribution in [0.1, 0.15) is 0 Å². The lowest BCUT2D eigenvalue weighted by molar-refractivity contribution is 0.414. The molecule has 2 aromatic rings. The number of para-hydroxylation sites is 1. The van der Waals surface area contributed by atoms with E-state index in [2.05, 4.69) is 11.6 Å². The van der Waals surface area contributed by atoms with Crippen molar-refractivity contribution in [3.8, 4) is 5.75 Å². The first-order valence-corrected chi connectivity index (χ1v) is 7.27. The van der Waals surface area contributed by atoms with E-state index in [0.29, 0.717) is 9.51 Å². The van der Waals surface area contributed by atoms with Gasteiger partial charge in [0.2, 0.25) is 5.84 Å². The second-order valence-corrected chi connectivity index (χ2v) is 5.27. The number of aliphatic imine (C=N–C) groups is 1. The topological polar surface area (TPSA) is 21.6 Å². The normalized spacial score (nSPS) is 19.8. The molecule has 0 N–H and O–H groups in total. The molecule has 0 saturated heterocycles. The van der Waals surface area contributed by atoms with Crippen LogP contribution in [0.25, 0.3) is 0 Å². The van der Waals surface area contributed by atoms with Crippen molar-refractivity contribution < 1.29 is 4.74 Å². The summed E-state index contributed by atoms with van der Waals surface area (Å²) in [5.74, 6) is 1.54. The monoisotopic (exact) mass is 311 g/mol. The van der Waals surface area contributed by atoms with Crippen LogP contribution in [0.4, 0.5) is 11.4 Å². The van der Waals surface area contributed by atoms with Crippen LogP contribution in [0.2, 0.25) is 5.02 Å². The predicted octanol–water partition coefficient (Wildman–Crippen LogP) is 5.06. The van der Waals surface area contributed by atoms with Gasteiger partial charge in [0, 0.05) is 24.3 Å². The predicted molar refractivity (Wildman–Crippen MR) is 92.7 cm³/mol. The Bertz CT molecular complexity index is 768. The molecule has 1 aliphatic rings. The fourth-order valence-corrected chi connectivity index (χ4v) is 2.94. The Hall–Kier alpha value is -2.36. The molecular weight excluding hydrogens is 296 g/mol. The van der Waals surface area contributed by atoms with Crippen LogP contribution >= 0.6 is 11.6 Å². The van der Waals surface area contributed by atoms with Crippen molar-refractivity contribution in [1.29, 1.82) is 0 Å². The van der Waals surface area contributed by atoms with Gasteiger partial charge >= 0.3 is 0 Å². The molecule has 1 atom stereocenters. The Morgan fingerprint density at radius 2 is 1.95 bits per heavy atom. The highest BCUT2D eigenvalue weighted by atomic mass is 35.5. The second kappa shape index (κ2) is 5.79. The molecule has 0 amide bonds. The highest BCUT2D eigenvalue weighted by Crippen LogP contribution is 2.44. The van der Waals surface area contributed by atoms with E-state index in [1.54, 1.807) is 19.4 Å². The third-order valence-corrected chi connectivity index (χ3v) is 4.06. The minimum absolute atomic E-state index is 0.292. The van der Waals surface area contributed by atoms with Gasteiger partial charge in [-0.2, -0.15) is 9.48 Å². The Morgan fingerprint density at radius 1 is 1.18 bits per heavy atom. The summed E-state index contributed by atoms with van der Waals surface area (Å²) in [6.07, 6.45) is 5.52. The SMILES string of the molecule is C=CC1=NC=C[N+]1(c1ccccc1)c1cc(OC)ccc1Cl. The van der Waals surface area contributed by atoms with Crippen molar-refractivity contribution in [3.63, 3.8) is 0 Å². The molecule has 1 heterocycles. The summed E-state index contributed by atoms with van der Waals surface area (Å²) in [5.41, 5.74) is 1.91. The van der Waals surface area contributed by atoms with E-state index in [9.17, 15) is 0 Å². The first-order chi connectivity index (χ1) is 10.7. The van der Waals surface area contributed by atoms with Gasteiger partial charge in [-0.3, -0.25) is 0 Å². The van der Waals surface area contributed by atoms with E-state index in [1.807, 2.05) is 54.7 Å². The van der Waals surface area contributed by atoms with Gasteiger partial charge in [-0.15, -0.1) is 0 Å². The number of ether oxygens (including phenoxy) is 1. The third kappa shape index (κ3) is 2.15. The number of halogens is 1. The standard InChI is InChI=1S/C18H16ClN2O/c1-3-18-20-11-12-21(18,14-7-5-4-6-8-14)17-13-15(22-2)9-10-16(17)19/h3-13H,1H2,2H3/q+1. The van der Waals surface area contributed by atoms with Crippen molar-refractivity contribution in [2.45, 2.75) is 0 Å². The van der Waals surface area contributed by atoms with E-state index < -0.39 is 0 Å². The summed E-state index contributed by atoms with van der Waals surface area (Å²) in [6, 6.07) is 15.7. The van der Waals surface area contributed by atoms with Gasteiger partial charge in [0.1, 0.15) is 22.7 Å². The molecule has 1 unspecified atom stereocenters. The largest absolute Gasteiger partial charge is 0.497 e. The highest BCUT2D eigenvalue weighted by Gasteiger charge is 2.41. The molecule has 0 saturated carbocycles. The minimum atomic E-state index is 0.292. The molecular formula is C18H16ClN2O+. The second-order valence-electron chi connectivity index (χ2n) is 4.87. The molecule has 2 aromatic carbocycles. The van der Waals surface area contributed by atoms with E-state index in [-0.39, 0.29) is 0 Å². The summed E-state index contributed by atoms with van der Waals surface area (Å²) in [4.78, 5) is 4.45. The van der Waals surface area contributed by atoms with Gasteiger partial charge in [0.15, 0.2) is 5.69 Å². The van der Waals surface area contributed by atoms with Crippen LogP contribution in [-0.4, -0.2) is 12.9 Å². The van der Waals surface area contributed by atoms with Crippen molar-refractivity contribution >= 4 is 28.8 Å². The Morgan fingerprint density at radius 3 is 2.64 bits per heavy atom. The molecule has 3 nitrogen and oxygen atoms in total. The summed E-state index contributed by atoms with van der Waals surface area (Å²) in [5, 5.41) is 0.644. The first-order valence-electron chi connectivity index (χ1n) is 6.89. The van der Waals surface area contributed by atoms with Crippen LogP contribution in [0.3, 0.4) is 0 Å². The summed E-state index contributed by atoms with van der Waals surface area (Å²) >= 11 is 6.50. The van der Waals surface area contributed by atoms with Gasteiger partial charge in [0.25, 0.3) is 0 Å². The number of hydrogen-bond acceptors (Lipinski definition) is 2. The smallest absolute Gasteiger partial charge is 0.242 e. The molecule has 4 heteroatoms. The van der Waals surface area contributed by atoms with Crippen molar-refractivity contribution in [2.75, 3.05) is 7.11 Å². The molecule has 110 valence electrons. The van der Waals surface area contributed by atoms with Gasteiger partial charge in [-0.25, -0.2) is 0 Å². The fraction of sp³-hybridized carbons (Fsp3) is 0.0556. The zero-order valence-corrected chi connectivity index (χ0v) is 13.0. The number of nitrogens with zero attached hydrogens (tertiary/aromatic N) is 2. The lowest BCUT2D eigenvalue weighted by Gasteiger charge is -2.31. The summed E-state index contributed by atoms with van der Waals surface area (Å²) in [7, 11) is 1.64. The molecule has 0 aliphatic carbocycles. The summed E-state index contributed by atoms with van der Waals surface area (Å²) in [6.45, 7) is 3.90. The molecule has 0 fully saturated rings. The Kier molecular flexibility index (Phi) is 3.84. The van der Waals surface area contributed by atoms with E-state index in [0.717, 1.165) is 23.0 Å². The van der Waals surface area contributed by atoms with E-state index in [4.69, 9.17) is 16.3 Å². The third-order valence-electron chi connectivity index (χ3n) is 3.74. The number of rotatable bonds is 4. The van der Waals surface area contributed by atoms with Gasteiger partial charge < -0.3 is 4.74 Å². The molecule has 0 spiro atoms. The number of hydrogen-bond donors (Lipinski definition) is 0. The van der Waals surface area contributed by atoms with Crippen LogP contribution in [0.15, 0.2) is 78.6 Å². The zero-order chi connectivity index (χ0) is 15.6. The average Bonchev–Trinajstić information content (AvgIpc) is 3.01. The fourth-order valence-electron chi connectivity index (χ4n) is 2.69. The molecule has 22 heavy (non-hydrogen) atoms. The molecule has 0 aromatic heterocycles. The maximum absolute atomic E-state index is 6.50. The van der Waals surface area contributed by atoms with Crippen molar-refractivity contribution in [2.24, 2.45) is 4.99 Å². The Balaban J connectivity index is 2.31.